The lowest BCUT2D eigenvalue weighted by molar-refractivity contribution is -0.402. The van der Waals surface area contributed by atoms with E-state index in [0.29, 0.717) is 5.56 Å². The van der Waals surface area contributed by atoms with Crippen LogP contribution in [0.2, 0.25) is 0 Å². The van der Waals surface area contributed by atoms with Crippen LogP contribution in [0.15, 0.2) is 34.7 Å². The summed E-state index contributed by atoms with van der Waals surface area (Å²) in [5, 5.41) is 10.5. The van der Waals surface area contributed by atoms with Crippen LogP contribution in [-0.4, -0.2) is 10.7 Å². The quantitative estimate of drug-likeness (QED) is 0.473. The van der Waals surface area contributed by atoms with Crippen molar-refractivity contribution in [2.75, 3.05) is 0 Å². The summed E-state index contributed by atoms with van der Waals surface area (Å²) in [6.07, 6.45) is 0. The van der Waals surface area contributed by atoms with Crippen LogP contribution in [0.5, 0.6) is 0 Å². The number of nitrogens with zero attached hydrogens (tertiary/aromatic N) is 1. The van der Waals surface area contributed by atoms with Crippen molar-refractivity contribution in [3.63, 3.8) is 0 Å². The molecule has 0 bridgehead atoms. The third kappa shape index (κ3) is 2.15. The predicted molar refractivity (Wildman–Crippen MR) is 64.7 cm³/mol. The molecule has 92 valence electrons. The van der Waals surface area contributed by atoms with Gasteiger partial charge in [-0.3, -0.25) is 14.9 Å². The lowest BCUT2D eigenvalue weighted by atomic mass is 10.0. The first-order chi connectivity index (χ1) is 8.49. The van der Waals surface area contributed by atoms with Crippen molar-refractivity contribution >= 4 is 11.7 Å². The highest BCUT2D eigenvalue weighted by molar-refractivity contribution is 6.07. The number of carbonyl (C=O) groups excluding carboxylic acids is 1. The molecule has 0 fully saturated rings. The number of furan rings is 1. The molecule has 0 saturated heterocycles. The second-order valence-electron chi connectivity index (χ2n) is 4.02. The Morgan fingerprint density at radius 1 is 1.17 bits per heavy atom. The SMILES string of the molecule is Cc1ccc(C(=O)c2ccc([N+](=O)[O-])o2)cc1C. The molecule has 0 spiro atoms. The molecule has 1 aromatic heterocycles. The van der Waals surface area contributed by atoms with E-state index in [2.05, 4.69) is 0 Å². The van der Waals surface area contributed by atoms with Gasteiger partial charge in [0.25, 0.3) is 0 Å². The zero-order valence-corrected chi connectivity index (χ0v) is 9.97. The molecule has 2 aromatic rings. The zero-order chi connectivity index (χ0) is 13.3. The molecule has 0 atom stereocenters. The fourth-order valence-electron chi connectivity index (χ4n) is 1.57. The van der Waals surface area contributed by atoms with Crippen LogP contribution in [-0.2, 0) is 0 Å². The van der Waals surface area contributed by atoms with Crippen molar-refractivity contribution < 1.29 is 14.1 Å². The summed E-state index contributed by atoms with van der Waals surface area (Å²) < 4.78 is 4.88. The summed E-state index contributed by atoms with van der Waals surface area (Å²) >= 11 is 0. The van der Waals surface area contributed by atoms with Gasteiger partial charge in [0.15, 0.2) is 5.76 Å². The molecule has 18 heavy (non-hydrogen) atoms. The minimum Gasteiger partial charge on any atom is -0.397 e. The Morgan fingerprint density at radius 3 is 2.44 bits per heavy atom. The Balaban J connectivity index is 2.35. The highest BCUT2D eigenvalue weighted by Crippen LogP contribution is 2.20. The van der Waals surface area contributed by atoms with E-state index < -0.39 is 10.8 Å². The number of carbonyl (C=O) groups is 1. The van der Waals surface area contributed by atoms with Gasteiger partial charge in [-0.2, -0.15) is 0 Å². The number of rotatable bonds is 3. The first kappa shape index (κ1) is 12.0. The van der Waals surface area contributed by atoms with Crippen molar-refractivity contribution in [1.82, 2.24) is 0 Å². The third-order valence-corrected chi connectivity index (χ3v) is 2.76. The Morgan fingerprint density at radius 2 is 1.89 bits per heavy atom. The van der Waals surface area contributed by atoms with Crippen LogP contribution in [0.4, 0.5) is 5.88 Å². The fraction of sp³-hybridized carbons (Fsp3) is 0.154. The highest BCUT2D eigenvalue weighted by atomic mass is 16.6. The molecule has 2 rings (SSSR count). The predicted octanol–water partition coefficient (Wildman–Crippen LogP) is 3.04. The number of hydrogen-bond donors (Lipinski definition) is 0. The number of ketones is 1. The minimum atomic E-state index is -0.669. The molecule has 0 N–H and O–H groups in total. The maximum Gasteiger partial charge on any atom is 0.433 e. The maximum absolute atomic E-state index is 12.0. The second kappa shape index (κ2) is 4.44. The van der Waals surface area contributed by atoms with Crippen molar-refractivity contribution in [1.29, 1.82) is 0 Å². The van der Waals surface area contributed by atoms with Gasteiger partial charge in [-0.1, -0.05) is 12.1 Å². The largest absolute Gasteiger partial charge is 0.433 e. The topological polar surface area (TPSA) is 73.3 Å². The Bertz CT molecular complexity index is 628. The third-order valence-electron chi connectivity index (χ3n) is 2.76. The van der Waals surface area contributed by atoms with E-state index >= 15 is 0 Å². The number of aryl methyl sites for hydroxylation is 2. The maximum atomic E-state index is 12.0. The summed E-state index contributed by atoms with van der Waals surface area (Å²) in [6.45, 7) is 3.85. The Labute approximate surface area is 103 Å². The van der Waals surface area contributed by atoms with Gasteiger partial charge in [0.05, 0.1) is 6.07 Å². The van der Waals surface area contributed by atoms with Crippen LogP contribution in [0.1, 0.15) is 27.2 Å². The molecule has 5 heteroatoms. The van der Waals surface area contributed by atoms with Gasteiger partial charge in [0, 0.05) is 5.56 Å². The number of nitro groups is 1. The van der Waals surface area contributed by atoms with Crippen LogP contribution in [0.3, 0.4) is 0 Å². The average molecular weight is 245 g/mol. The summed E-state index contributed by atoms with van der Waals surface area (Å²) in [5.74, 6) is -0.807. The number of hydrogen-bond acceptors (Lipinski definition) is 4. The number of benzene rings is 1. The molecular formula is C13H11NO4. The normalized spacial score (nSPS) is 10.3. The van der Waals surface area contributed by atoms with Crippen molar-refractivity contribution in [3.8, 4) is 0 Å². The van der Waals surface area contributed by atoms with Gasteiger partial charge in [-0.15, -0.1) is 0 Å². The minimum absolute atomic E-state index is 0.0232. The average Bonchev–Trinajstić information content (AvgIpc) is 2.81. The van der Waals surface area contributed by atoms with Crippen LogP contribution in [0, 0.1) is 24.0 Å². The van der Waals surface area contributed by atoms with E-state index in [4.69, 9.17) is 4.42 Å². The second-order valence-corrected chi connectivity index (χ2v) is 4.02. The van der Waals surface area contributed by atoms with Gasteiger partial charge >= 0.3 is 5.88 Å². The van der Waals surface area contributed by atoms with E-state index in [-0.39, 0.29) is 11.5 Å². The summed E-state index contributed by atoms with van der Waals surface area (Å²) in [6, 6.07) is 7.74. The lowest BCUT2D eigenvalue weighted by Crippen LogP contribution is -2.00. The molecule has 1 heterocycles. The van der Waals surface area contributed by atoms with Gasteiger partial charge in [0.2, 0.25) is 5.78 Å². The van der Waals surface area contributed by atoms with Gasteiger partial charge in [-0.25, -0.2) is 0 Å². The molecule has 0 aliphatic rings. The Kier molecular flexibility index (Phi) is 2.97. The van der Waals surface area contributed by atoms with E-state index in [1.807, 2.05) is 19.9 Å². The molecule has 1 aromatic carbocycles. The van der Waals surface area contributed by atoms with E-state index in [1.165, 1.54) is 12.1 Å². The molecule has 0 aliphatic heterocycles. The molecular weight excluding hydrogens is 234 g/mol. The molecule has 0 aliphatic carbocycles. The summed E-state index contributed by atoms with van der Waals surface area (Å²) in [4.78, 5) is 21.8. The monoisotopic (exact) mass is 245 g/mol. The van der Waals surface area contributed by atoms with Crippen molar-refractivity contribution in [2.24, 2.45) is 0 Å². The molecule has 0 amide bonds. The molecule has 0 unspecified atom stereocenters. The van der Waals surface area contributed by atoms with Gasteiger partial charge < -0.3 is 4.42 Å². The van der Waals surface area contributed by atoms with Crippen LogP contribution >= 0.6 is 0 Å². The van der Waals surface area contributed by atoms with E-state index in [0.717, 1.165) is 11.1 Å². The van der Waals surface area contributed by atoms with Crippen molar-refractivity contribution in [2.45, 2.75) is 13.8 Å². The molecule has 0 saturated carbocycles. The fourth-order valence-corrected chi connectivity index (χ4v) is 1.57. The molecule has 0 radical (unpaired) electrons. The summed E-state index contributed by atoms with van der Waals surface area (Å²) in [5.41, 5.74) is 2.53. The van der Waals surface area contributed by atoms with Crippen LogP contribution in [0.25, 0.3) is 0 Å². The smallest absolute Gasteiger partial charge is 0.397 e. The van der Waals surface area contributed by atoms with E-state index in [1.54, 1.807) is 12.1 Å². The standard InChI is InChI=1S/C13H11NO4/c1-8-3-4-10(7-9(8)2)13(15)11-5-6-12(18-11)14(16)17/h3-7H,1-2H3. The van der Waals surface area contributed by atoms with E-state index in [9.17, 15) is 14.9 Å². The highest BCUT2D eigenvalue weighted by Gasteiger charge is 2.18. The lowest BCUT2D eigenvalue weighted by Gasteiger charge is -2.02. The Hall–Kier alpha value is -2.43. The first-order valence-corrected chi connectivity index (χ1v) is 5.35. The first-order valence-electron chi connectivity index (χ1n) is 5.35. The van der Waals surface area contributed by atoms with Gasteiger partial charge in [0.1, 0.15) is 4.92 Å². The van der Waals surface area contributed by atoms with Crippen molar-refractivity contribution in [3.05, 3.63) is 62.9 Å². The zero-order valence-electron chi connectivity index (χ0n) is 9.97. The molecule has 5 nitrogen and oxygen atoms in total. The summed E-state index contributed by atoms with van der Waals surface area (Å²) in [7, 11) is 0. The van der Waals surface area contributed by atoms with Gasteiger partial charge in [-0.05, 0) is 37.1 Å². The van der Waals surface area contributed by atoms with Crippen LogP contribution < -0.4 is 0 Å².